The van der Waals surface area contributed by atoms with Crippen LogP contribution in [0.15, 0.2) is 27.8 Å². The number of hydrogen-bond donors (Lipinski definition) is 1. The number of hydrogen-bond acceptors (Lipinski definition) is 4. The van der Waals surface area contributed by atoms with Crippen molar-refractivity contribution in [3.05, 3.63) is 44.9 Å². The van der Waals surface area contributed by atoms with E-state index >= 15 is 0 Å². The van der Waals surface area contributed by atoms with Gasteiger partial charge in [-0.2, -0.15) is 0 Å². The predicted molar refractivity (Wildman–Crippen MR) is 74.7 cm³/mol. The molecule has 1 aromatic heterocycles. The molecule has 0 saturated carbocycles. The van der Waals surface area contributed by atoms with Crippen molar-refractivity contribution in [3.63, 3.8) is 0 Å². The quantitative estimate of drug-likeness (QED) is 0.860. The lowest BCUT2D eigenvalue weighted by Crippen LogP contribution is -2.51. The van der Waals surface area contributed by atoms with E-state index in [1.54, 1.807) is 6.92 Å². The van der Waals surface area contributed by atoms with Gasteiger partial charge >= 0.3 is 11.7 Å². The van der Waals surface area contributed by atoms with Gasteiger partial charge < -0.3 is 9.72 Å². The molecule has 0 atom stereocenters. The van der Waals surface area contributed by atoms with Crippen LogP contribution in [-0.4, -0.2) is 22.1 Å². The van der Waals surface area contributed by atoms with Crippen LogP contribution in [0.25, 0.3) is 10.9 Å². The normalized spacial score (nSPS) is 11.6. The summed E-state index contributed by atoms with van der Waals surface area (Å²) in [5, 5.41) is -0.00743. The van der Waals surface area contributed by atoms with Gasteiger partial charge in [-0.05, 0) is 39.0 Å². The van der Waals surface area contributed by atoms with E-state index in [1.165, 1.54) is 19.9 Å². The molecule has 112 valence electrons. The Morgan fingerprint density at radius 1 is 1.38 bits per heavy atom. The fraction of sp³-hybridized carbons (Fsp3) is 0.357. The third-order valence-electron chi connectivity index (χ3n) is 3.19. The maximum atomic E-state index is 13.3. The molecule has 0 unspecified atom stereocenters. The summed E-state index contributed by atoms with van der Waals surface area (Å²) in [6.45, 7) is 4.54. The Morgan fingerprint density at radius 3 is 2.67 bits per heavy atom. The van der Waals surface area contributed by atoms with Crippen molar-refractivity contribution < 1.29 is 13.9 Å². The molecule has 1 heterocycles. The minimum Gasteiger partial charge on any atom is -0.464 e. The molecular formula is C14H15FN2O4. The van der Waals surface area contributed by atoms with E-state index in [1.807, 2.05) is 0 Å². The Morgan fingerprint density at radius 2 is 2.05 bits per heavy atom. The molecule has 1 N–H and O–H groups in total. The van der Waals surface area contributed by atoms with Crippen LogP contribution >= 0.6 is 0 Å². The summed E-state index contributed by atoms with van der Waals surface area (Å²) < 4.78 is 18.9. The number of fused-ring (bicyclic) bond motifs is 1. The Hall–Kier alpha value is -2.44. The van der Waals surface area contributed by atoms with E-state index in [2.05, 4.69) is 4.98 Å². The van der Waals surface area contributed by atoms with Gasteiger partial charge in [0.1, 0.15) is 11.4 Å². The lowest BCUT2D eigenvalue weighted by atomic mass is 10.1. The summed E-state index contributed by atoms with van der Waals surface area (Å²) >= 11 is 0. The maximum Gasteiger partial charge on any atom is 0.332 e. The number of aromatic nitrogens is 2. The summed E-state index contributed by atoms with van der Waals surface area (Å²) in [6, 6.07) is 3.46. The van der Waals surface area contributed by atoms with Gasteiger partial charge in [0.15, 0.2) is 0 Å². The number of nitrogens with zero attached hydrogens (tertiary/aromatic N) is 1. The largest absolute Gasteiger partial charge is 0.464 e. The zero-order valence-electron chi connectivity index (χ0n) is 11.9. The molecule has 1 aromatic carbocycles. The number of rotatable bonds is 3. The van der Waals surface area contributed by atoms with Gasteiger partial charge in [-0.3, -0.25) is 4.79 Å². The van der Waals surface area contributed by atoms with Gasteiger partial charge in [0.25, 0.3) is 5.56 Å². The Bertz CT molecular complexity index is 820. The first kappa shape index (κ1) is 15.0. The highest BCUT2D eigenvalue weighted by Gasteiger charge is 2.34. The number of benzene rings is 1. The van der Waals surface area contributed by atoms with Crippen LogP contribution in [0.4, 0.5) is 4.39 Å². The van der Waals surface area contributed by atoms with E-state index in [4.69, 9.17) is 4.74 Å². The molecule has 0 aliphatic heterocycles. The highest BCUT2D eigenvalue weighted by Crippen LogP contribution is 2.15. The summed E-state index contributed by atoms with van der Waals surface area (Å²) in [6.07, 6.45) is 0. The van der Waals surface area contributed by atoms with E-state index in [9.17, 15) is 18.8 Å². The van der Waals surface area contributed by atoms with Crippen molar-refractivity contribution in [3.8, 4) is 0 Å². The summed E-state index contributed by atoms with van der Waals surface area (Å²) in [5.41, 5.74) is -2.79. The van der Waals surface area contributed by atoms with Gasteiger partial charge in [0.2, 0.25) is 0 Å². The molecule has 21 heavy (non-hydrogen) atoms. The lowest BCUT2D eigenvalue weighted by molar-refractivity contribution is -0.152. The van der Waals surface area contributed by atoms with Gasteiger partial charge in [0.05, 0.1) is 17.5 Å². The van der Waals surface area contributed by atoms with Gasteiger partial charge in [-0.15, -0.1) is 0 Å². The fourth-order valence-electron chi connectivity index (χ4n) is 2.09. The number of carbonyl (C=O) groups excluding carboxylic acids is 1. The average molecular weight is 294 g/mol. The molecule has 6 nitrogen and oxygen atoms in total. The smallest absolute Gasteiger partial charge is 0.332 e. The van der Waals surface area contributed by atoms with Crippen molar-refractivity contribution in [2.24, 2.45) is 0 Å². The molecule has 0 aliphatic carbocycles. The molecule has 0 saturated heterocycles. The molecule has 7 heteroatoms. The van der Waals surface area contributed by atoms with Crippen LogP contribution in [-0.2, 0) is 15.1 Å². The van der Waals surface area contributed by atoms with E-state index in [0.29, 0.717) is 0 Å². The Labute approximate surface area is 119 Å². The highest BCUT2D eigenvalue weighted by atomic mass is 19.1. The molecule has 0 bridgehead atoms. The number of nitrogens with one attached hydrogen (secondary N) is 1. The first-order chi connectivity index (χ1) is 9.78. The summed E-state index contributed by atoms with van der Waals surface area (Å²) in [4.78, 5) is 39.0. The standard InChI is InChI=1S/C14H15FN2O4/c1-4-21-12(19)14(2,3)17-11(18)9-7-8(15)5-6-10(9)16-13(17)20/h5-7H,4H2,1-3H3,(H,16,20). The second-order valence-electron chi connectivity index (χ2n) is 5.04. The first-order valence-electron chi connectivity index (χ1n) is 6.41. The first-order valence-corrected chi connectivity index (χ1v) is 6.41. The number of carbonyl (C=O) groups is 1. The third-order valence-corrected chi connectivity index (χ3v) is 3.19. The molecule has 0 aliphatic rings. The number of esters is 1. The molecule has 2 aromatic rings. The van der Waals surface area contributed by atoms with E-state index in [-0.39, 0.29) is 17.5 Å². The van der Waals surface area contributed by atoms with Crippen molar-refractivity contribution in [1.29, 1.82) is 0 Å². The summed E-state index contributed by atoms with van der Waals surface area (Å²) in [5.74, 6) is -1.32. The predicted octanol–water partition coefficient (Wildman–Crippen LogP) is 1.13. The average Bonchev–Trinajstić information content (AvgIpc) is 2.40. The van der Waals surface area contributed by atoms with Crippen LogP contribution < -0.4 is 11.2 Å². The monoisotopic (exact) mass is 294 g/mol. The van der Waals surface area contributed by atoms with E-state index in [0.717, 1.165) is 16.7 Å². The van der Waals surface area contributed by atoms with Crippen LogP contribution in [0.1, 0.15) is 20.8 Å². The van der Waals surface area contributed by atoms with Crippen LogP contribution in [0.2, 0.25) is 0 Å². The maximum absolute atomic E-state index is 13.3. The molecule has 2 rings (SSSR count). The van der Waals surface area contributed by atoms with Crippen LogP contribution in [0.3, 0.4) is 0 Å². The zero-order chi connectivity index (χ0) is 15.8. The fourth-order valence-corrected chi connectivity index (χ4v) is 2.09. The van der Waals surface area contributed by atoms with Crippen molar-refractivity contribution in [2.45, 2.75) is 26.3 Å². The Balaban J connectivity index is 2.78. The SMILES string of the molecule is CCOC(=O)C(C)(C)n1c(=O)[nH]c2ccc(F)cc2c1=O. The second-order valence-corrected chi connectivity index (χ2v) is 5.04. The van der Waals surface area contributed by atoms with Gasteiger partial charge in [-0.25, -0.2) is 18.5 Å². The molecule has 0 radical (unpaired) electrons. The molecule has 0 spiro atoms. The minimum atomic E-state index is -1.50. The molecule has 0 amide bonds. The van der Waals surface area contributed by atoms with Crippen molar-refractivity contribution in [1.82, 2.24) is 9.55 Å². The van der Waals surface area contributed by atoms with Crippen LogP contribution in [0.5, 0.6) is 0 Å². The van der Waals surface area contributed by atoms with E-state index < -0.39 is 28.6 Å². The number of H-pyrrole nitrogens is 1. The van der Waals surface area contributed by atoms with Crippen molar-refractivity contribution >= 4 is 16.9 Å². The number of halogens is 1. The molecular weight excluding hydrogens is 279 g/mol. The molecule has 0 fully saturated rings. The minimum absolute atomic E-state index is 0.00743. The zero-order valence-corrected chi connectivity index (χ0v) is 11.9. The third kappa shape index (κ3) is 2.46. The number of ether oxygens (including phenoxy) is 1. The van der Waals surface area contributed by atoms with Gasteiger partial charge in [-0.1, -0.05) is 0 Å². The Kier molecular flexibility index (Phi) is 3.67. The highest BCUT2D eigenvalue weighted by molar-refractivity contribution is 5.80. The second kappa shape index (κ2) is 5.16. The summed E-state index contributed by atoms with van der Waals surface area (Å²) in [7, 11) is 0. The topological polar surface area (TPSA) is 81.2 Å². The van der Waals surface area contributed by atoms with Crippen LogP contribution in [0, 0.1) is 5.82 Å². The van der Waals surface area contributed by atoms with Gasteiger partial charge in [0, 0.05) is 0 Å². The lowest BCUT2D eigenvalue weighted by Gasteiger charge is -2.24. The number of aromatic amines is 1. The van der Waals surface area contributed by atoms with Crippen molar-refractivity contribution in [2.75, 3.05) is 6.61 Å².